The average molecular weight is 393 g/mol. The summed E-state index contributed by atoms with van der Waals surface area (Å²) in [6.07, 6.45) is 0. The lowest BCUT2D eigenvalue weighted by Crippen LogP contribution is -2.36. The summed E-state index contributed by atoms with van der Waals surface area (Å²) in [7, 11) is 0. The Hall–Kier alpha value is -2.41. The van der Waals surface area contributed by atoms with E-state index in [4.69, 9.17) is 39.8 Å². The highest BCUT2D eigenvalue weighted by Gasteiger charge is 2.15. The molecule has 2 aromatic carbocycles. The van der Waals surface area contributed by atoms with Gasteiger partial charge in [0.1, 0.15) is 11.1 Å². The van der Waals surface area contributed by atoms with Crippen LogP contribution in [-0.4, -0.2) is 11.0 Å². The third-order valence-corrected chi connectivity index (χ3v) is 4.04. The number of rotatable bonds is 2. The highest BCUT2D eigenvalue weighted by molar-refractivity contribution is 7.80. The number of carbonyl (C=O) groups is 1. The van der Waals surface area contributed by atoms with Crippen LogP contribution in [0.25, 0.3) is 11.0 Å². The van der Waals surface area contributed by atoms with E-state index in [1.54, 1.807) is 36.4 Å². The first-order valence-electron chi connectivity index (χ1n) is 7.04. The van der Waals surface area contributed by atoms with Crippen molar-refractivity contribution in [3.8, 4) is 0 Å². The van der Waals surface area contributed by atoms with E-state index in [0.29, 0.717) is 26.7 Å². The van der Waals surface area contributed by atoms with Gasteiger partial charge >= 0.3 is 5.63 Å². The van der Waals surface area contributed by atoms with Gasteiger partial charge in [-0.05, 0) is 42.5 Å². The van der Waals surface area contributed by atoms with E-state index >= 15 is 0 Å². The molecule has 126 valence electrons. The number of hydrogen-bond acceptors (Lipinski definition) is 4. The largest absolute Gasteiger partial charge is 0.422 e. The Morgan fingerprint density at radius 2 is 1.84 bits per heavy atom. The van der Waals surface area contributed by atoms with Crippen LogP contribution in [0.1, 0.15) is 10.4 Å². The molecule has 5 nitrogen and oxygen atoms in total. The summed E-state index contributed by atoms with van der Waals surface area (Å²) in [6.45, 7) is 0. The van der Waals surface area contributed by atoms with Gasteiger partial charge in [0, 0.05) is 10.4 Å². The molecule has 0 fully saturated rings. The van der Waals surface area contributed by atoms with Gasteiger partial charge in [-0.3, -0.25) is 10.1 Å². The van der Waals surface area contributed by atoms with Crippen molar-refractivity contribution in [2.24, 2.45) is 0 Å². The molecule has 0 unspecified atom stereocenters. The molecule has 1 amide bonds. The number of thiocarbonyl (C=S) groups is 1. The normalized spacial score (nSPS) is 10.5. The lowest BCUT2D eigenvalue weighted by molar-refractivity contribution is 0.0974. The van der Waals surface area contributed by atoms with E-state index < -0.39 is 11.5 Å². The number of benzene rings is 2. The van der Waals surface area contributed by atoms with Crippen molar-refractivity contribution in [1.82, 2.24) is 5.32 Å². The van der Waals surface area contributed by atoms with Crippen LogP contribution >= 0.6 is 35.4 Å². The number of fused-ring (bicyclic) bond motifs is 1. The molecule has 0 saturated heterocycles. The van der Waals surface area contributed by atoms with Crippen LogP contribution in [0.4, 0.5) is 5.69 Å². The highest BCUT2D eigenvalue weighted by Crippen LogP contribution is 2.25. The van der Waals surface area contributed by atoms with Crippen molar-refractivity contribution in [2.45, 2.75) is 0 Å². The van der Waals surface area contributed by atoms with Crippen molar-refractivity contribution in [2.75, 3.05) is 5.32 Å². The van der Waals surface area contributed by atoms with Crippen molar-refractivity contribution >= 4 is 63.1 Å². The Kier molecular flexibility index (Phi) is 5.03. The van der Waals surface area contributed by atoms with Crippen LogP contribution in [0.2, 0.25) is 10.0 Å². The standard InChI is InChI=1S/C17H10Cl2N2O3S/c18-10-5-6-13(12(19)8-10)20-17(25)21-15(22)11-7-9-3-1-2-4-14(9)24-16(11)23/h1-8H,(H2,20,21,22,25). The summed E-state index contributed by atoms with van der Waals surface area (Å²) in [4.78, 5) is 24.3. The van der Waals surface area contributed by atoms with Crippen molar-refractivity contribution in [1.29, 1.82) is 0 Å². The van der Waals surface area contributed by atoms with E-state index in [0.717, 1.165) is 0 Å². The number of anilines is 1. The minimum absolute atomic E-state index is 0.0122. The maximum absolute atomic E-state index is 12.3. The Labute approximate surface area is 157 Å². The fraction of sp³-hybridized carbons (Fsp3) is 0. The molecule has 1 heterocycles. The first-order valence-corrected chi connectivity index (χ1v) is 8.21. The van der Waals surface area contributed by atoms with Crippen molar-refractivity contribution in [3.63, 3.8) is 0 Å². The Morgan fingerprint density at radius 3 is 2.60 bits per heavy atom. The molecule has 1 aromatic heterocycles. The zero-order valence-corrected chi connectivity index (χ0v) is 14.8. The molecule has 0 bridgehead atoms. The molecule has 0 radical (unpaired) electrons. The zero-order chi connectivity index (χ0) is 18.0. The number of halogens is 2. The molecule has 0 aliphatic rings. The highest BCUT2D eigenvalue weighted by atomic mass is 35.5. The SMILES string of the molecule is O=C(NC(=S)Nc1ccc(Cl)cc1Cl)c1cc2ccccc2oc1=O. The molecule has 0 aliphatic heterocycles. The number of carbonyl (C=O) groups excluding carboxylic acids is 1. The molecule has 3 rings (SSSR count). The minimum atomic E-state index is -0.747. The third kappa shape index (κ3) is 3.99. The second-order valence-electron chi connectivity index (χ2n) is 5.02. The van der Waals surface area contributed by atoms with Gasteiger partial charge in [0.2, 0.25) is 0 Å². The van der Waals surface area contributed by atoms with Gasteiger partial charge in [-0.15, -0.1) is 0 Å². The maximum Gasteiger partial charge on any atom is 0.349 e. The smallest absolute Gasteiger partial charge is 0.349 e. The van der Waals surface area contributed by atoms with Gasteiger partial charge in [-0.25, -0.2) is 4.79 Å². The fourth-order valence-corrected chi connectivity index (χ4v) is 2.79. The van der Waals surface area contributed by atoms with E-state index in [-0.39, 0.29) is 10.7 Å². The summed E-state index contributed by atoms with van der Waals surface area (Å²) in [5, 5.41) is 6.63. The van der Waals surface area contributed by atoms with Crippen LogP contribution in [0, 0.1) is 0 Å². The zero-order valence-electron chi connectivity index (χ0n) is 12.5. The number of nitrogens with one attached hydrogen (secondary N) is 2. The van der Waals surface area contributed by atoms with Gasteiger partial charge in [-0.1, -0.05) is 41.4 Å². The molecule has 3 aromatic rings. The number of para-hydroxylation sites is 1. The predicted molar refractivity (Wildman–Crippen MR) is 103 cm³/mol. The fourth-order valence-electron chi connectivity index (χ4n) is 2.14. The molecule has 0 spiro atoms. The first kappa shape index (κ1) is 17.4. The molecule has 0 aliphatic carbocycles. The van der Waals surface area contributed by atoms with E-state index in [1.165, 1.54) is 12.1 Å². The van der Waals surface area contributed by atoms with Gasteiger partial charge in [0.15, 0.2) is 5.11 Å². The van der Waals surface area contributed by atoms with Crippen molar-refractivity contribution < 1.29 is 9.21 Å². The number of amides is 1. The lowest BCUT2D eigenvalue weighted by atomic mass is 10.2. The Morgan fingerprint density at radius 1 is 1.08 bits per heavy atom. The molecular formula is C17H10Cl2N2O3S. The summed E-state index contributed by atoms with van der Waals surface area (Å²) in [5.74, 6) is -0.679. The molecule has 0 saturated carbocycles. The summed E-state index contributed by atoms with van der Waals surface area (Å²) in [6, 6.07) is 13.1. The topological polar surface area (TPSA) is 71.3 Å². The van der Waals surface area contributed by atoms with Gasteiger partial charge < -0.3 is 9.73 Å². The van der Waals surface area contributed by atoms with Gasteiger partial charge in [0.25, 0.3) is 5.91 Å². The lowest BCUT2D eigenvalue weighted by Gasteiger charge is -2.11. The van der Waals surface area contributed by atoms with E-state index in [9.17, 15) is 9.59 Å². The Balaban J connectivity index is 1.78. The Bertz CT molecular complexity index is 1050. The second kappa shape index (κ2) is 7.23. The van der Waals surface area contributed by atoms with Crippen LogP contribution in [0.3, 0.4) is 0 Å². The maximum atomic E-state index is 12.3. The van der Waals surface area contributed by atoms with Crippen LogP contribution in [-0.2, 0) is 0 Å². The minimum Gasteiger partial charge on any atom is -0.422 e. The average Bonchev–Trinajstić information content (AvgIpc) is 2.56. The number of hydrogen-bond donors (Lipinski definition) is 2. The second-order valence-corrected chi connectivity index (χ2v) is 6.27. The monoisotopic (exact) mass is 392 g/mol. The summed E-state index contributed by atoms with van der Waals surface area (Å²) >= 11 is 16.9. The van der Waals surface area contributed by atoms with Gasteiger partial charge in [0.05, 0.1) is 10.7 Å². The first-order chi connectivity index (χ1) is 11.9. The van der Waals surface area contributed by atoms with Crippen LogP contribution in [0.5, 0.6) is 0 Å². The molecular weight excluding hydrogens is 383 g/mol. The van der Waals surface area contributed by atoms with Crippen LogP contribution < -0.4 is 16.3 Å². The van der Waals surface area contributed by atoms with E-state index in [1.807, 2.05) is 0 Å². The van der Waals surface area contributed by atoms with E-state index in [2.05, 4.69) is 10.6 Å². The summed E-state index contributed by atoms with van der Waals surface area (Å²) in [5.41, 5.74) is -0.0202. The molecule has 8 heteroatoms. The van der Waals surface area contributed by atoms with Crippen LogP contribution in [0.15, 0.2) is 57.7 Å². The molecule has 2 N–H and O–H groups in total. The quantitative estimate of drug-likeness (QED) is 0.504. The molecule has 25 heavy (non-hydrogen) atoms. The van der Waals surface area contributed by atoms with Gasteiger partial charge in [-0.2, -0.15) is 0 Å². The molecule has 0 atom stereocenters. The van der Waals surface area contributed by atoms with Crippen molar-refractivity contribution in [3.05, 3.63) is 74.6 Å². The predicted octanol–water partition coefficient (Wildman–Crippen LogP) is 4.23. The summed E-state index contributed by atoms with van der Waals surface area (Å²) < 4.78 is 5.13. The third-order valence-electron chi connectivity index (χ3n) is 3.29.